The van der Waals surface area contributed by atoms with Crippen LogP contribution in [0.3, 0.4) is 0 Å². The number of fused-ring (bicyclic) bond motifs is 1. The van der Waals surface area contributed by atoms with E-state index in [2.05, 4.69) is 20.6 Å². The van der Waals surface area contributed by atoms with Gasteiger partial charge in [0.2, 0.25) is 0 Å². The van der Waals surface area contributed by atoms with Crippen LogP contribution < -0.4 is 5.32 Å². The normalized spacial score (nSPS) is 11.5. The third kappa shape index (κ3) is 3.58. The van der Waals surface area contributed by atoms with Crippen molar-refractivity contribution >= 4 is 22.6 Å². The van der Waals surface area contributed by atoms with Crippen molar-refractivity contribution in [1.29, 1.82) is 0 Å². The van der Waals surface area contributed by atoms with Crippen molar-refractivity contribution < 1.29 is 14.7 Å². The van der Waals surface area contributed by atoms with Gasteiger partial charge in [-0.05, 0) is 31.9 Å². The third-order valence-corrected chi connectivity index (χ3v) is 5.22. The van der Waals surface area contributed by atoms with E-state index in [0.717, 1.165) is 16.5 Å². The molecule has 2 N–H and O–H groups in total. The third-order valence-electron chi connectivity index (χ3n) is 5.22. The number of hydrogen-bond acceptors (Lipinski definition) is 5. The van der Waals surface area contributed by atoms with E-state index in [1.54, 1.807) is 24.0 Å². The summed E-state index contributed by atoms with van der Waals surface area (Å²) < 4.78 is 1.62. The molecule has 0 unspecified atom stereocenters. The van der Waals surface area contributed by atoms with E-state index < -0.39 is 17.4 Å². The Labute approximate surface area is 162 Å². The first-order chi connectivity index (χ1) is 13.4. The van der Waals surface area contributed by atoms with Crippen LogP contribution in [0.15, 0.2) is 36.7 Å². The van der Waals surface area contributed by atoms with Crippen LogP contribution in [0.5, 0.6) is 0 Å². The van der Waals surface area contributed by atoms with Crippen LogP contribution in [0.4, 0.5) is 0 Å². The van der Waals surface area contributed by atoms with Crippen molar-refractivity contribution in [2.24, 2.45) is 0 Å². The number of hydrogen-bond donors (Lipinski definition) is 2. The van der Waals surface area contributed by atoms with Crippen molar-refractivity contribution in [3.8, 4) is 5.69 Å². The van der Waals surface area contributed by atoms with Gasteiger partial charge >= 0.3 is 5.97 Å². The lowest BCUT2D eigenvalue weighted by Gasteiger charge is -2.31. The molecule has 1 aromatic carbocycles. The lowest BCUT2D eigenvalue weighted by atomic mass is 9.88. The Morgan fingerprint density at radius 1 is 1.21 bits per heavy atom. The number of carboxylic acids is 1. The molecule has 146 valence electrons. The minimum atomic E-state index is -0.950. The molecule has 0 aliphatic carbocycles. The second-order valence-corrected chi connectivity index (χ2v) is 6.82. The minimum Gasteiger partial charge on any atom is -0.481 e. The first-order valence-corrected chi connectivity index (χ1v) is 9.20. The van der Waals surface area contributed by atoms with Crippen LogP contribution in [0.2, 0.25) is 0 Å². The monoisotopic (exact) mass is 381 g/mol. The van der Waals surface area contributed by atoms with Crippen molar-refractivity contribution in [3.63, 3.8) is 0 Å². The number of aliphatic carboxylic acids is 1. The van der Waals surface area contributed by atoms with Crippen LogP contribution in [-0.2, 0) is 4.79 Å². The molecule has 8 nitrogen and oxygen atoms in total. The van der Waals surface area contributed by atoms with E-state index >= 15 is 0 Å². The maximum absolute atomic E-state index is 12.9. The molecule has 1 amide bonds. The van der Waals surface area contributed by atoms with Crippen LogP contribution in [-0.4, -0.2) is 42.5 Å². The van der Waals surface area contributed by atoms with Gasteiger partial charge in [-0.3, -0.25) is 14.6 Å². The summed E-state index contributed by atoms with van der Waals surface area (Å²) in [6.45, 7) is 5.49. The maximum atomic E-state index is 12.9. The van der Waals surface area contributed by atoms with E-state index in [9.17, 15) is 14.7 Å². The Balaban J connectivity index is 1.96. The van der Waals surface area contributed by atoms with Gasteiger partial charge in [-0.25, -0.2) is 4.68 Å². The number of carbonyl (C=O) groups excluding carboxylic acids is 1. The summed E-state index contributed by atoms with van der Waals surface area (Å²) in [7, 11) is 0. The lowest BCUT2D eigenvalue weighted by Crippen LogP contribution is -2.49. The van der Waals surface area contributed by atoms with Gasteiger partial charge in [0, 0.05) is 23.2 Å². The number of nitrogens with zero attached hydrogens (tertiary/aromatic N) is 4. The average Bonchev–Trinajstić information content (AvgIpc) is 3.07. The molecule has 0 radical (unpaired) electrons. The van der Waals surface area contributed by atoms with Gasteiger partial charge < -0.3 is 10.4 Å². The van der Waals surface area contributed by atoms with Crippen molar-refractivity contribution in [3.05, 3.63) is 48.0 Å². The number of pyridine rings is 1. The Bertz CT molecular complexity index is 1020. The van der Waals surface area contributed by atoms with Gasteiger partial charge in [-0.15, -0.1) is 5.10 Å². The summed E-state index contributed by atoms with van der Waals surface area (Å²) in [5.41, 5.74) is 0.747. The molecule has 0 atom stereocenters. The minimum absolute atomic E-state index is 0.144. The maximum Gasteiger partial charge on any atom is 0.305 e. The van der Waals surface area contributed by atoms with Gasteiger partial charge in [0.05, 0.1) is 23.3 Å². The van der Waals surface area contributed by atoms with Gasteiger partial charge in [-0.1, -0.05) is 31.2 Å². The summed E-state index contributed by atoms with van der Waals surface area (Å²) in [6, 6.07) is 7.64. The molecule has 0 aliphatic rings. The molecule has 0 spiro atoms. The van der Waals surface area contributed by atoms with E-state index in [1.807, 2.05) is 38.1 Å². The molecule has 3 aromatic rings. The second-order valence-electron chi connectivity index (χ2n) is 6.82. The second kappa shape index (κ2) is 7.75. The molecule has 2 aromatic heterocycles. The van der Waals surface area contributed by atoms with Gasteiger partial charge in [0.25, 0.3) is 5.91 Å². The molecular formula is C20H23N5O3. The van der Waals surface area contributed by atoms with Crippen LogP contribution in [0, 0.1) is 6.92 Å². The highest BCUT2D eigenvalue weighted by atomic mass is 16.4. The summed E-state index contributed by atoms with van der Waals surface area (Å²) in [5, 5.41) is 22.2. The fraction of sp³-hybridized carbons (Fsp3) is 0.350. The highest BCUT2D eigenvalue weighted by Gasteiger charge is 2.33. The van der Waals surface area contributed by atoms with Crippen LogP contribution in [0.25, 0.3) is 16.5 Å². The zero-order valence-corrected chi connectivity index (χ0v) is 16.1. The molecule has 0 saturated carbocycles. The molecule has 8 heteroatoms. The number of nitrogens with one attached hydrogen (secondary N) is 1. The summed E-state index contributed by atoms with van der Waals surface area (Å²) in [6.07, 6.45) is 4.33. The zero-order chi connectivity index (χ0) is 20.3. The molecular weight excluding hydrogens is 358 g/mol. The number of carboxylic acid groups (broad SMARTS) is 1. The quantitative estimate of drug-likeness (QED) is 0.651. The summed E-state index contributed by atoms with van der Waals surface area (Å²) >= 11 is 0. The van der Waals surface area contributed by atoms with Crippen molar-refractivity contribution in [2.75, 3.05) is 0 Å². The Morgan fingerprint density at radius 3 is 2.64 bits per heavy atom. The fourth-order valence-electron chi connectivity index (χ4n) is 3.37. The molecule has 3 rings (SSSR count). The van der Waals surface area contributed by atoms with Gasteiger partial charge in [-0.2, -0.15) is 0 Å². The lowest BCUT2D eigenvalue weighted by molar-refractivity contribution is -0.138. The highest BCUT2D eigenvalue weighted by Crippen LogP contribution is 2.24. The number of rotatable bonds is 7. The SMILES string of the molecule is CCC(CC)(CC(=O)O)NC(=O)c1nnn(-c2cccc3cnccc23)c1C. The number of carbonyl (C=O) groups is 2. The number of benzene rings is 1. The van der Waals surface area contributed by atoms with Crippen molar-refractivity contribution in [2.45, 2.75) is 45.6 Å². The smallest absolute Gasteiger partial charge is 0.305 e. The molecule has 0 aliphatic heterocycles. The molecule has 0 fully saturated rings. The first-order valence-electron chi connectivity index (χ1n) is 9.20. The largest absolute Gasteiger partial charge is 0.481 e. The Kier molecular flexibility index (Phi) is 5.39. The molecule has 2 heterocycles. The van der Waals surface area contributed by atoms with Crippen LogP contribution in [0.1, 0.15) is 49.3 Å². The van der Waals surface area contributed by atoms with E-state index in [-0.39, 0.29) is 12.1 Å². The zero-order valence-electron chi connectivity index (χ0n) is 16.1. The van der Waals surface area contributed by atoms with E-state index in [4.69, 9.17) is 0 Å². The van der Waals surface area contributed by atoms with Gasteiger partial charge in [0.15, 0.2) is 5.69 Å². The predicted octanol–water partition coefficient (Wildman–Crippen LogP) is 2.89. The van der Waals surface area contributed by atoms with Gasteiger partial charge in [0.1, 0.15) is 0 Å². The number of amides is 1. The summed E-state index contributed by atoms with van der Waals surface area (Å²) in [4.78, 5) is 28.2. The van der Waals surface area contributed by atoms with Crippen LogP contribution >= 0.6 is 0 Å². The first kappa shape index (κ1) is 19.5. The average molecular weight is 381 g/mol. The topological polar surface area (TPSA) is 110 Å². The Hall–Kier alpha value is -3.29. The Morgan fingerprint density at radius 2 is 1.96 bits per heavy atom. The number of aromatic nitrogens is 4. The molecule has 0 saturated heterocycles. The summed E-state index contributed by atoms with van der Waals surface area (Å²) in [5.74, 6) is -1.37. The van der Waals surface area contributed by atoms with E-state index in [1.165, 1.54) is 0 Å². The standard InChI is InChI=1S/C20H23N5O3/c1-4-20(5-2,11-17(26)27)22-19(28)18-13(3)25(24-23-18)16-8-6-7-14-12-21-10-9-15(14)16/h6-10,12H,4-5,11H2,1-3H3,(H,22,28)(H,26,27). The highest BCUT2D eigenvalue weighted by molar-refractivity contribution is 5.95. The van der Waals surface area contributed by atoms with Crippen molar-refractivity contribution in [1.82, 2.24) is 25.3 Å². The molecule has 28 heavy (non-hydrogen) atoms. The van der Waals surface area contributed by atoms with E-state index in [0.29, 0.717) is 18.5 Å². The predicted molar refractivity (Wildman–Crippen MR) is 104 cm³/mol. The molecule has 0 bridgehead atoms. The fourth-order valence-corrected chi connectivity index (χ4v) is 3.37.